The van der Waals surface area contributed by atoms with Gasteiger partial charge < -0.3 is 0 Å². The maximum atomic E-state index is 4.00. The molecule has 0 saturated carbocycles. The largest absolute Gasteiger partial charge is 0.259 e. The molecule has 0 aliphatic carbocycles. The van der Waals surface area contributed by atoms with Crippen LogP contribution in [-0.4, -0.2) is 9.97 Å². The summed E-state index contributed by atoms with van der Waals surface area (Å²) in [5.74, 6) is 0.511. The molecule has 2 aromatic rings. The first-order valence-electron chi connectivity index (χ1n) is 4.18. The molecule has 1 aromatic heterocycles. The molecule has 0 bridgehead atoms. The molecule has 0 radical (unpaired) electrons. The van der Waals surface area contributed by atoms with Crippen LogP contribution in [0.25, 0.3) is 0 Å². The van der Waals surface area contributed by atoms with Gasteiger partial charge in [-0.1, -0.05) is 18.2 Å². The highest BCUT2D eigenvalue weighted by atomic mass is 15.1. The van der Waals surface area contributed by atoms with E-state index < -0.39 is 0 Å². The summed E-state index contributed by atoms with van der Waals surface area (Å²) in [6.07, 6.45) is 4.74. The van der Waals surface area contributed by atoms with Crippen molar-refractivity contribution in [3.63, 3.8) is 0 Å². The van der Waals surface area contributed by atoms with E-state index in [1.54, 1.807) is 18.6 Å². The van der Waals surface area contributed by atoms with Crippen molar-refractivity contribution in [3.8, 4) is 0 Å². The maximum absolute atomic E-state index is 4.00. The third-order valence-corrected chi connectivity index (χ3v) is 1.57. The van der Waals surface area contributed by atoms with E-state index in [2.05, 4.69) is 20.2 Å². The lowest BCUT2D eigenvalue weighted by Gasteiger charge is -1.90. The summed E-state index contributed by atoms with van der Waals surface area (Å²) >= 11 is 0. The van der Waals surface area contributed by atoms with E-state index in [9.17, 15) is 0 Å². The van der Waals surface area contributed by atoms with Gasteiger partial charge in [0.05, 0.1) is 11.9 Å². The molecule has 0 atom stereocenters. The maximum Gasteiger partial charge on any atom is 0.192 e. The highest BCUT2D eigenvalue weighted by Crippen LogP contribution is 2.13. The molecule has 4 nitrogen and oxygen atoms in total. The molecule has 0 amide bonds. The number of hydrogen-bond acceptors (Lipinski definition) is 4. The summed E-state index contributed by atoms with van der Waals surface area (Å²) in [7, 11) is 0. The van der Waals surface area contributed by atoms with Crippen molar-refractivity contribution in [2.45, 2.75) is 0 Å². The van der Waals surface area contributed by atoms with Crippen molar-refractivity contribution in [2.24, 2.45) is 10.2 Å². The fraction of sp³-hybridized carbons (Fsp3) is 0. The fourth-order valence-corrected chi connectivity index (χ4v) is 0.946. The Morgan fingerprint density at radius 1 is 0.929 bits per heavy atom. The minimum Gasteiger partial charge on any atom is -0.259 e. The van der Waals surface area contributed by atoms with Gasteiger partial charge in [0.1, 0.15) is 0 Å². The average molecular weight is 184 g/mol. The Bertz CT molecular complexity index is 369. The molecule has 1 aromatic carbocycles. The van der Waals surface area contributed by atoms with Crippen molar-refractivity contribution in [1.82, 2.24) is 9.97 Å². The van der Waals surface area contributed by atoms with E-state index in [1.165, 1.54) is 0 Å². The molecule has 68 valence electrons. The molecule has 0 spiro atoms. The molecule has 0 saturated heterocycles. The van der Waals surface area contributed by atoms with Gasteiger partial charge in [-0.15, -0.1) is 10.2 Å². The van der Waals surface area contributed by atoms with Crippen LogP contribution in [0.5, 0.6) is 0 Å². The third-order valence-electron chi connectivity index (χ3n) is 1.57. The van der Waals surface area contributed by atoms with Crippen molar-refractivity contribution < 1.29 is 0 Å². The van der Waals surface area contributed by atoms with E-state index >= 15 is 0 Å². The summed E-state index contributed by atoms with van der Waals surface area (Å²) in [5.41, 5.74) is 0.804. The Balaban J connectivity index is 2.16. The first-order chi connectivity index (χ1) is 6.95. The Kier molecular flexibility index (Phi) is 2.56. The molecule has 4 heteroatoms. The van der Waals surface area contributed by atoms with Crippen molar-refractivity contribution in [1.29, 1.82) is 0 Å². The Morgan fingerprint density at radius 2 is 1.79 bits per heavy atom. The number of azo groups is 1. The van der Waals surface area contributed by atoms with Crippen LogP contribution in [0.4, 0.5) is 11.5 Å². The second kappa shape index (κ2) is 4.23. The highest BCUT2D eigenvalue weighted by molar-refractivity contribution is 5.35. The van der Waals surface area contributed by atoms with Crippen LogP contribution < -0.4 is 0 Å². The van der Waals surface area contributed by atoms with E-state index in [-0.39, 0.29) is 0 Å². The molecule has 0 unspecified atom stereocenters. The lowest BCUT2D eigenvalue weighted by atomic mass is 10.3. The monoisotopic (exact) mass is 184 g/mol. The second-order valence-electron chi connectivity index (χ2n) is 2.60. The number of rotatable bonds is 2. The van der Waals surface area contributed by atoms with Crippen molar-refractivity contribution in [2.75, 3.05) is 0 Å². The molecule has 0 N–H and O–H groups in total. The Hall–Kier alpha value is -2.10. The number of benzene rings is 1. The molecule has 1 heterocycles. The lowest BCUT2D eigenvalue weighted by Crippen LogP contribution is -1.73. The summed E-state index contributed by atoms with van der Waals surface area (Å²) in [6.45, 7) is 0. The average Bonchev–Trinajstić information content (AvgIpc) is 2.29. The van der Waals surface area contributed by atoms with Crippen LogP contribution in [-0.2, 0) is 0 Å². The van der Waals surface area contributed by atoms with Crippen molar-refractivity contribution >= 4 is 11.5 Å². The van der Waals surface area contributed by atoms with Gasteiger partial charge in [0.15, 0.2) is 5.82 Å². The molecular formula is C10H8N4. The van der Waals surface area contributed by atoms with E-state index in [0.29, 0.717) is 5.82 Å². The van der Waals surface area contributed by atoms with Crippen LogP contribution in [0, 0.1) is 0 Å². The van der Waals surface area contributed by atoms with Gasteiger partial charge in [-0.3, -0.25) is 4.98 Å². The van der Waals surface area contributed by atoms with E-state index in [4.69, 9.17) is 0 Å². The summed E-state index contributed by atoms with van der Waals surface area (Å²) < 4.78 is 0. The number of aromatic nitrogens is 2. The molecule has 0 fully saturated rings. The Labute approximate surface area is 81.4 Å². The number of nitrogens with zero attached hydrogens (tertiary/aromatic N) is 4. The van der Waals surface area contributed by atoms with Gasteiger partial charge in [-0.25, -0.2) is 4.98 Å². The van der Waals surface area contributed by atoms with Crippen LogP contribution in [0.3, 0.4) is 0 Å². The first kappa shape index (κ1) is 8.50. The fourth-order valence-electron chi connectivity index (χ4n) is 0.946. The highest BCUT2D eigenvalue weighted by Gasteiger charge is 1.88. The zero-order valence-corrected chi connectivity index (χ0v) is 7.41. The first-order valence-corrected chi connectivity index (χ1v) is 4.18. The summed E-state index contributed by atoms with van der Waals surface area (Å²) in [5, 5.41) is 7.93. The molecule has 14 heavy (non-hydrogen) atoms. The summed E-state index contributed by atoms with van der Waals surface area (Å²) in [6, 6.07) is 9.50. The summed E-state index contributed by atoms with van der Waals surface area (Å²) in [4.78, 5) is 7.85. The minimum atomic E-state index is 0.511. The van der Waals surface area contributed by atoms with Crippen LogP contribution in [0.15, 0.2) is 59.2 Å². The zero-order valence-electron chi connectivity index (χ0n) is 7.41. The molecule has 0 aliphatic heterocycles. The zero-order chi connectivity index (χ0) is 9.64. The van der Waals surface area contributed by atoms with E-state index in [0.717, 1.165) is 5.69 Å². The molecular weight excluding hydrogens is 176 g/mol. The van der Waals surface area contributed by atoms with Crippen molar-refractivity contribution in [3.05, 3.63) is 48.9 Å². The predicted molar refractivity (Wildman–Crippen MR) is 52.7 cm³/mol. The van der Waals surface area contributed by atoms with Gasteiger partial charge in [0, 0.05) is 12.4 Å². The quantitative estimate of drug-likeness (QED) is 0.674. The van der Waals surface area contributed by atoms with Gasteiger partial charge in [0.25, 0.3) is 0 Å². The van der Waals surface area contributed by atoms with Gasteiger partial charge in [-0.2, -0.15) is 0 Å². The van der Waals surface area contributed by atoms with Crippen LogP contribution >= 0.6 is 0 Å². The topological polar surface area (TPSA) is 50.5 Å². The minimum absolute atomic E-state index is 0.511. The lowest BCUT2D eigenvalue weighted by molar-refractivity contribution is 1.11. The predicted octanol–water partition coefficient (Wildman–Crippen LogP) is 2.89. The second-order valence-corrected chi connectivity index (χ2v) is 2.60. The molecule has 2 rings (SSSR count). The molecule has 0 aliphatic rings. The van der Waals surface area contributed by atoms with Crippen LogP contribution in [0.1, 0.15) is 0 Å². The normalized spacial score (nSPS) is 10.6. The van der Waals surface area contributed by atoms with Gasteiger partial charge in [0.2, 0.25) is 0 Å². The smallest absolute Gasteiger partial charge is 0.192 e. The number of hydrogen-bond donors (Lipinski definition) is 0. The Morgan fingerprint density at radius 3 is 2.50 bits per heavy atom. The third kappa shape index (κ3) is 2.20. The van der Waals surface area contributed by atoms with Gasteiger partial charge >= 0.3 is 0 Å². The van der Waals surface area contributed by atoms with E-state index in [1.807, 2.05) is 30.3 Å². The SMILES string of the molecule is c1ccc(N=Nc2cnccn2)cc1. The standard InChI is InChI=1S/C10H8N4/c1-2-4-9(5-3-1)13-14-10-8-11-6-7-12-10/h1-8H. The van der Waals surface area contributed by atoms with Crippen LogP contribution in [0.2, 0.25) is 0 Å². The van der Waals surface area contributed by atoms with Gasteiger partial charge in [-0.05, 0) is 12.1 Å².